The van der Waals surface area contributed by atoms with Gasteiger partial charge >= 0.3 is 0 Å². The molecule has 1 spiro atoms. The predicted octanol–water partition coefficient (Wildman–Crippen LogP) is 3.48. The summed E-state index contributed by atoms with van der Waals surface area (Å²) in [7, 11) is 0. The van der Waals surface area contributed by atoms with Gasteiger partial charge < -0.3 is 14.8 Å². The van der Waals surface area contributed by atoms with Crippen molar-refractivity contribution in [2.45, 2.75) is 46.1 Å². The number of nitrogens with one attached hydrogen (secondary N) is 1. The minimum atomic E-state index is -0.455. The molecular weight excluding hydrogens is 345 g/mol. The summed E-state index contributed by atoms with van der Waals surface area (Å²) in [6, 6.07) is 5.04. The standard InChI is InChI=1S/C21H26FN3O2/c1-13(2)25-10-5-8-21(20(25)27)9-11-24(12-21)19(26)17-14(3)15-6-4-7-16(22)18(15)23-17/h4,6-7,13,23H,5,8-12H2,1-3H3. The van der Waals surface area contributed by atoms with Crippen LogP contribution < -0.4 is 0 Å². The second-order valence-electron chi connectivity index (χ2n) is 8.24. The van der Waals surface area contributed by atoms with Crippen molar-refractivity contribution in [3.8, 4) is 0 Å². The van der Waals surface area contributed by atoms with E-state index in [0.29, 0.717) is 30.7 Å². The topological polar surface area (TPSA) is 56.4 Å². The van der Waals surface area contributed by atoms with Crippen molar-refractivity contribution in [3.05, 3.63) is 35.3 Å². The van der Waals surface area contributed by atoms with Crippen LogP contribution in [0.5, 0.6) is 0 Å². The van der Waals surface area contributed by atoms with Gasteiger partial charge in [0.15, 0.2) is 0 Å². The van der Waals surface area contributed by atoms with E-state index in [1.807, 2.05) is 31.7 Å². The Morgan fingerprint density at radius 2 is 2.04 bits per heavy atom. The molecule has 2 fully saturated rings. The van der Waals surface area contributed by atoms with Gasteiger partial charge in [-0.15, -0.1) is 0 Å². The molecule has 6 heteroatoms. The van der Waals surface area contributed by atoms with Gasteiger partial charge in [0.2, 0.25) is 5.91 Å². The maximum atomic E-state index is 14.1. The Kier molecular flexibility index (Phi) is 4.24. The second-order valence-corrected chi connectivity index (χ2v) is 8.24. The van der Waals surface area contributed by atoms with Gasteiger partial charge in [0.25, 0.3) is 5.91 Å². The Bertz CT molecular complexity index is 920. The molecule has 144 valence electrons. The molecule has 2 amide bonds. The Hall–Kier alpha value is -2.37. The summed E-state index contributed by atoms with van der Waals surface area (Å²) in [5, 5.41) is 0.729. The monoisotopic (exact) mass is 371 g/mol. The van der Waals surface area contributed by atoms with E-state index in [-0.39, 0.29) is 23.7 Å². The maximum Gasteiger partial charge on any atom is 0.270 e. The zero-order chi connectivity index (χ0) is 19.3. The van der Waals surface area contributed by atoms with Crippen molar-refractivity contribution >= 4 is 22.7 Å². The number of aromatic nitrogens is 1. The van der Waals surface area contributed by atoms with Crippen molar-refractivity contribution in [2.75, 3.05) is 19.6 Å². The lowest BCUT2D eigenvalue weighted by Crippen LogP contribution is -2.52. The summed E-state index contributed by atoms with van der Waals surface area (Å²) >= 11 is 0. The minimum Gasteiger partial charge on any atom is -0.348 e. The number of para-hydroxylation sites is 1. The number of halogens is 1. The van der Waals surface area contributed by atoms with E-state index in [0.717, 1.165) is 30.3 Å². The van der Waals surface area contributed by atoms with Gasteiger partial charge in [-0.05, 0) is 51.7 Å². The number of hydrogen-bond donors (Lipinski definition) is 1. The fourth-order valence-corrected chi connectivity index (χ4v) is 4.71. The summed E-state index contributed by atoms with van der Waals surface area (Å²) in [5.74, 6) is -0.324. The number of piperidine rings is 1. The number of aryl methyl sites for hydroxylation is 1. The molecule has 2 saturated heterocycles. The molecule has 1 aromatic heterocycles. The highest BCUT2D eigenvalue weighted by Crippen LogP contribution is 2.41. The Morgan fingerprint density at radius 3 is 2.74 bits per heavy atom. The van der Waals surface area contributed by atoms with Crippen LogP contribution in [0.15, 0.2) is 18.2 Å². The van der Waals surface area contributed by atoms with E-state index in [4.69, 9.17) is 0 Å². The Balaban J connectivity index is 1.61. The molecule has 1 N–H and O–H groups in total. The highest BCUT2D eigenvalue weighted by molar-refractivity contribution is 6.01. The number of benzene rings is 1. The van der Waals surface area contributed by atoms with Gasteiger partial charge in [-0.2, -0.15) is 0 Å². The molecule has 2 aromatic rings. The van der Waals surface area contributed by atoms with E-state index >= 15 is 0 Å². The molecule has 0 saturated carbocycles. The van der Waals surface area contributed by atoms with E-state index in [9.17, 15) is 14.0 Å². The minimum absolute atomic E-state index is 0.144. The summed E-state index contributed by atoms with van der Waals surface area (Å²) in [6.45, 7) is 7.73. The van der Waals surface area contributed by atoms with Gasteiger partial charge in [-0.3, -0.25) is 9.59 Å². The lowest BCUT2D eigenvalue weighted by atomic mass is 9.78. The smallest absolute Gasteiger partial charge is 0.270 e. The average molecular weight is 371 g/mol. The summed E-state index contributed by atoms with van der Waals surface area (Å²) < 4.78 is 14.1. The van der Waals surface area contributed by atoms with Gasteiger partial charge in [0.1, 0.15) is 11.5 Å². The molecule has 2 aliphatic heterocycles. The molecule has 27 heavy (non-hydrogen) atoms. The first kappa shape index (κ1) is 18.0. The van der Waals surface area contributed by atoms with Gasteiger partial charge in [-0.25, -0.2) is 4.39 Å². The number of aromatic amines is 1. The molecule has 3 heterocycles. The van der Waals surface area contributed by atoms with E-state index in [2.05, 4.69) is 4.98 Å². The molecular formula is C21H26FN3O2. The number of nitrogens with zero attached hydrogens (tertiary/aromatic N) is 2. The van der Waals surface area contributed by atoms with Crippen LogP contribution in [0.3, 0.4) is 0 Å². The number of likely N-dealkylation sites (tertiary alicyclic amines) is 2. The van der Waals surface area contributed by atoms with Crippen LogP contribution in [0.4, 0.5) is 4.39 Å². The number of carbonyl (C=O) groups excluding carboxylic acids is 2. The average Bonchev–Trinajstić information content (AvgIpc) is 3.21. The van der Waals surface area contributed by atoms with Crippen molar-refractivity contribution in [1.82, 2.24) is 14.8 Å². The fourth-order valence-electron chi connectivity index (χ4n) is 4.71. The molecule has 0 aliphatic carbocycles. The number of H-pyrrole nitrogens is 1. The fraction of sp³-hybridized carbons (Fsp3) is 0.524. The molecule has 1 aromatic carbocycles. The summed E-state index contributed by atoms with van der Waals surface area (Å²) in [6.07, 6.45) is 2.51. The molecule has 4 rings (SSSR count). The first-order chi connectivity index (χ1) is 12.8. The summed E-state index contributed by atoms with van der Waals surface area (Å²) in [4.78, 5) is 32.9. The van der Waals surface area contributed by atoms with Crippen molar-refractivity contribution < 1.29 is 14.0 Å². The molecule has 0 bridgehead atoms. The molecule has 5 nitrogen and oxygen atoms in total. The Labute approximate surface area is 158 Å². The predicted molar refractivity (Wildman–Crippen MR) is 102 cm³/mol. The number of carbonyl (C=O) groups is 2. The van der Waals surface area contributed by atoms with Gasteiger partial charge in [0.05, 0.1) is 10.9 Å². The molecule has 1 unspecified atom stereocenters. The zero-order valence-corrected chi connectivity index (χ0v) is 16.1. The van der Waals surface area contributed by atoms with E-state index in [1.165, 1.54) is 6.07 Å². The normalized spacial score (nSPS) is 23.2. The molecule has 1 atom stereocenters. The Morgan fingerprint density at radius 1 is 1.26 bits per heavy atom. The number of rotatable bonds is 2. The third-order valence-corrected chi connectivity index (χ3v) is 6.29. The highest BCUT2D eigenvalue weighted by Gasteiger charge is 2.50. The van der Waals surface area contributed by atoms with Crippen molar-refractivity contribution in [3.63, 3.8) is 0 Å². The largest absolute Gasteiger partial charge is 0.348 e. The van der Waals surface area contributed by atoms with Crippen molar-refractivity contribution in [2.24, 2.45) is 5.41 Å². The zero-order valence-electron chi connectivity index (χ0n) is 16.1. The SMILES string of the molecule is Cc1c(C(=O)N2CCC3(CCCN(C(C)C)C3=O)C2)[nH]c2c(F)cccc12. The van der Waals surface area contributed by atoms with Crippen LogP contribution in [0.1, 0.15) is 49.2 Å². The van der Waals surface area contributed by atoms with Crippen LogP contribution in [0, 0.1) is 18.2 Å². The number of fused-ring (bicyclic) bond motifs is 1. The van der Waals surface area contributed by atoms with Gasteiger partial charge in [-0.1, -0.05) is 12.1 Å². The third-order valence-electron chi connectivity index (χ3n) is 6.29. The molecule has 0 radical (unpaired) electrons. The van der Waals surface area contributed by atoms with Crippen LogP contribution in [0.2, 0.25) is 0 Å². The number of amides is 2. The quantitative estimate of drug-likeness (QED) is 0.879. The molecule has 2 aliphatic rings. The first-order valence-electron chi connectivity index (χ1n) is 9.71. The van der Waals surface area contributed by atoms with Gasteiger partial charge in [0, 0.05) is 31.1 Å². The van der Waals surface area contributed by atoms with E-state index < -0.39 is 5.41 Å². The van der Waals surface area contributed by atoms with Crippen LogP contribution in [0.25, 0.3) is 10.9 Å². The van der Waals surface area contributed by atoms with Crippen molar-refractivity contribution in [1.29, 1.82) is 0 Å². The maximum absolute atomic E-state index is 14.1. The third kappa shape index (κ3) is 2.73. The lowest BCUT2D eigenvalue weighted by molar-refractivity contribution is -0.147. The summed E-state index contributed by atoms with van der Waals surface area (Å²) in [5.41, 5.74) is 1.10. The first-order valence-corrected chi connectivity index (χ1v) is 9.71. The van der Waals surface area contributed by atoms with E-state index in [1.54, 1.807) is 11.0 Å². The van der Waals surface area contributed by atoms with Crippen LogP contribution in [-0.4, -0.2) is 52.3 Å². The second kappa shape index (κ2) is 6.36. The highest BCUT2D eigenvalue weighted by atomic mass is 19.1. The van der Waals surface area contributed by atoms with Crippen LogP contribution in [-0.2, 0) is 4.79 Å². The number of hydrogen-bond acceptors (Lipinski definition) is 2. The lowest BCUT2D eigenvalue weighted by Gasteiger charge is -2.41. The van der Waals surface area contributed by atoms with Crippen LogP contribution >= 0.6 is 0 Å².